The van der Waals surface area contributed by atoms with Crippen molar-refractivity contribution in [2.24, 2.45) is 0 Å². The van der Waals surface area contributed by atoms with Crippen molar-refractivity contribution in [1.29, 1.82) is 0 Å². The van der Waals surface area contributed by atoms with Crippen molar-refractivity contribution in [3.8, 4) is 22.3 Å². The summed E-state index contributed by atoms with van der Waals surface area (Å²) in [5.74, 6) is 0.757. The Labute approximate surface area is 373 Å². The number of thioether (sulfide) groups is 1. The fourth-order valence-electron chi connectivity index (χ4n) is 7.82. The van der Waals surface area contributed by atoms with E-state index in [2.05, 4.69) is 108 Å². The van der Waals surface area contributed by atoms with Crippen molar-refractivity contribution in [2.75, 3.05) is 67.5 Å². The van der Waals surface area contributed by atoms with Gasteiger partial charge in [0.05, 0.1) is 15.3 Å². The molecule has 6 aromatic carbocycles. The van der Waals surface area contributed by atoms with E-state index in [4.69, 9.17) is 0 Å². The fraction of sp³-hybridized carbons (Fsp3) is 0.224. The first-order valence-electron chi connectivity index (χ1n) is 21.0. The monoisotopic (exact) mass is 878 g/mol. The lowest BCUT2D eigenvalue weighted by Gasteiger charge is -2.36. The van der Waals surface area contributed by atoms with Gasteiger partial charge in [0.2, 0.25) is 0 Å². The molecule has 2 heterocycles. The molecule has 0 bridgehead atoms. The van der Waals surface area contributed by atoms with E-state index in [9.17, 15) is 18.5 Å². The number of nitro groups is 1. The van der Waals surface area contributed by atoms with Crippen molar-refractivity contribution >= 4 is 55.6 Å². The molecule has 0 radical (unpaired) electrons. The zero-order valence-corrected chi connectivity index (χ0v) is 36.9. The van der Waals surface area contributed by atoms with E-state index in [0.29, 0.717) is 16.7 Å². The number of rotatable bonds is 17. The highest BCUT2D eigenvalue weighted by Gasteiger charge is 2.25. The first kappa shape index (κ1) is 43.3. The van der Waals surface area contributed by atoms with Crippen molar-refractivity contribution in [1.82, 2.24) is 19.8 Å². The molecule has 1 aromatic heterocycles. The first-order valence-corrected chi connectivity index (χ1v) is 23.4. The third-order valence-electron chi connectivity index (χ3n) is 11.3. The van der Waals surface area contributed by atoms with Crippen molar-refractivity contribution in [3.63, 3.8) is 0 Å². The van der Waals surface area contributed by atoms with E-state index >= 15 is 0 Å². The lowest BCUT2D eigenvalue weighted by molar-refractivity contribution is -0.384. The van der Waals surface area contributed by atoms with E-state index in [0.717, 1.165) is 62.3 Å². The standard InChI is InChI=1S/C49H50N8O4S2/c1-54(2)26-25-40(34-62-42-14-7-4-8-15-42)52-46-24-22-43(32-48(46)57(58)59)63(60,61)53-49-45-23-21-41(31-47(45)50-35-51-49)56-29-27-55(28-30-56)33-39-13-9-10-16-44(39)38-19-17-37(18-20-38)36-11-5-3-6-12-36/h3-24,31-32,35,40,52H,25-30,33-34H2,1-2H3,(H,50,51,53). The van der Waals surface area contributed by atoms with Crippen molar-refractivity contribution in [2.45, 2.75) is 28.8 Å². The quantitative estimate of drug-likeness (QED) is 0.0514. The number of hydrogen-bond acceptors (Lipinski definition) is 11. The maximum Gasteiger partial charge on any atom is 0.293 e. The number of nitro benzene ring substituents is 1. The predicted molar refractivity (Wildman–Crippen MR) is 256 cm³/mol. The van der Waals surface area contributed by atoms with Gasteiger partial charge in [-0.2, -0.15) is 0 Å². The summed E-state index contributed by atoms with van der Waals surface area (Å²) in [5, 5.41) is 16.2. The normalized spacial score (nSPS) is 13.9. The van der Waals surface area contributed by atoms with Crippen LogP contribution in [-0.4, -0.2) is 91.7 Å². The summed E-state index contributed by atoms with van der Waals surface area (Å²) < 4.78 is 30.2. The maximum absolute atomic E-state index is 13.8. The third kappa shape index (κ3) is 10.8. The summed E-state index contributed by atoms with van der Waals surface area (Å²) in [6, 6.07) is 47.4. The molecule has 1 aliphatic heterocycles. The highest BCUT2D eigenvalue weighted by atomic mass is 32.2. The highest BCUT2D eigenvalue weighted by Crippen LogP contribution is 2.33. The van der Waals surface area contributed by atoms with Gasteiger partial charge in [0, 0.05) is 66.6 Å². The maximum atomic E-state index is 13.8. The molecule has 1 aliphatic rings. The van der Waals surface area contributed by atoms with Crippen molar-refractivity contribution in [3.05, 3.63) is 168 Å². The Kier molecular flexibility index (Phi) is 13.6. The topological polar surface area (TPSA) is 137 Å². The molecule has 7 aromatic rings. The van der Waals surface area contributed by atoms with Crippen LogP contribution in [-0.2, 0) is 16.6 Å². The molecule has 322 valence electrons. The van der Waals surface area contributed by atoms with Crippen LogP contribution in [0.4, 0.5) is 22.9 Å². The number of aromatic nitrogens is 2. The molecule has 1 saturated heterocycles. The zero-order chi connectivity index (χ0) is 43.8. The molecule has 0 amide bonds. The number of sulfonamides is 1. The molecule has 1 fully saturated rings. The molecular weight excluding hydrogens is 829 g/mol. The van der Waals surface area contributed by atoms with Crippen LogP contribution in [0.2, 0.25) is 0 Å². The molecule has 1 unspecified atom stereocenters. The van der Waals surface area contributed by atoms with Gasteiger partial charge < -0.3 is 15.1 Å². The SMILES string of the molecule is CN(C)CCC(CSc1ccccc1)Nc1ccc(S(=O)(=O)Nc2ncnc3cc(N4CCN(Cc5ccccc5-c5ccc(-c6ccccc6)cc5)CC4)ccc23)cc1[N+](=O)[O-]. The lowest BCUT2D eigenvalue weighted by Crippen LogP contribution is -2.46. The van der Waals surface area contributed by atoms with Crippen LogP contribution in [0.5, 0.6) is 0 Å². The van der Waals surface area contributed by atoms with Crippen LogP contribution in [0.15, 0.2) is 162 Å². The van der Waals surface area contributed by atoms with Crippen LogP contribution in [0.25, 0.3) is 33.2 Å². The summed E-state index contributed by atoms with van der Waals surface area (Å²) in [4.78, 5) is 28.3. The van der Waals surface area contributed by atoms with Gasteiger partial charge in [-0.15, -0.1) is 11.8 Å². The summed E-state index contributed by atoms with van der Waals surface area (Å²) in [5.41, 5.74) is 7.62. The van der Waals surface area contributed by atoms with Gasteiger partial charge in [-0.05, 0) is 97.3 Å². The average Bonchev–Trinajstić information content (AvgIpc) is 3.31. The minimum absolute atomic E-state index is 0.0938. The van der Waals surface area contributed by atoms with Gasteiger partial charge in [-0.3, -0.25) is 19.7 Å². The number of nitrogens with zero attached hydrogens (tertiary/aromatic N) is 6. The van der Waals surface area contributed by atoms with Crippen LogP contribution >= 0.6 is 11.8 Å². The van der Waals surface area contributed by atoms with E-state index in [1.165, 1.54) is 46.3 Å². The van der Waals surface area contributed by atoms with Gasteiger partial charge in [0.15, 0.2) is 5.82 Å². The number of anilines is 3. The molecule has 12 nitrogen and oxygen atoms in total. The number of fused-ring (bicyclic) bond motifs is 1. The smallest absolute Gasteiger partial charge is 0.293 e. The number of nitrogens with one attached hydrogen (secondary N) is 2. The highest BCUT2D eigenvalue weighted by molar-refractivity contribution is 7.99. The van der Waals surface area contributed by atoms with Gasteiger partial charge in [0.1, 0.15) is 12.0 Å². The van der Waals surface area contributed by atoms with Gasteiger partial charge >= 0.3 is 0 Å². The van der Waals surface area contributed by atoms with Crippen LogP contribution < -0.4 is 14.9 Å². The van der Waals surface area contributed by atoms with Gasteiger partial charge in [0.25, 0.3) is 15.7 Å². The van der Waals surface area contributed by atoms with E-state index < -0.39 is 14.9 Å². The Hall–Kier alpha value is -6.32. The van der Waals surface area contributed by atoms with Gasteiger partial charge in [-0.25, -0.2) is 18.4 Å². The Balaban J connectivity index is 0.920. The summed E-state index contributed by atoms with van der Waals surface area (Å²) >= 11 is 1.66. The van der Waals surface area contributed by atoms with Crippen LogP contribution in [0, 0.1) is 10.1 Å². The number of hydrogen-bond donors (Lipinski definition) is 2. The first-order chi connectivity index (χ1) is 30.6. The van der Waals surface area contributed by atoms with E-state index in [1.54, 1.807) is 11.8 Å². The largest absolute Gasteiger partial charge is 0.376 e. The molecular formula is C49H50N8O4S2. The molecule has 0 saturated carbocycles. The fourth-order valence-corrected chi connectivity index (χ4v) is 9.87. The van der Waals surface area contributed by atoms with E-state index in [1.807, 2.05) is 68.7 Å². The Morgan fingerprint density at radius 2 is 1.46 bits per heavy atom. The summed E-state index contributed by atoms with van der Waals surface area (Å²) in [6.45, 7) is 4.98. The average molecular weight is 879 g/mol. The molecule has 8 rings (SSSR count). The second kappa shape index (κ2) is 19.8. The minimum atomic E-state index is -4.27. The summed E-state index contributed by atoms with van der Waals surface area (Å²) in [7, 11) is -0.311. The number of benzene rings is 6. The van der Waals surface area contributed by atoms with Gasteiger partial charge in [-0.1, -0.05) is 97.1 Å². The lowest BCUT2D eigenvalue weighted by atomic mass is 9.96. The number of piperazine rings is 1. The van der Waals surface area contributed by atoms with E-state index in [-0.39, 0.29) is 28.1 Å². The predicted octanol–water partition coefficient (Wildman–Crippen LogP) is 9.52. The zero-order valence-electron chi connectivity index (χ0n) is 35.3. The Bertz CT molecular complexity index is 2770. The minimum Gasteiger partial charge on any atom is -0.376 e. The Morgan fingerprint density at radius 1 is 0.778 bits per heavy atom. The molecule has 63 heavy (non-hydrogen) atoms. The summed E-state index contributed by atoms with van der Waals surface area (Å²) in [6.07, 6.45) is 2.05. The molecule has 14 heteroatoms. The molecule has 1 atom stereocenters. The van der Waals surface area contributed by atoms with Crippen molar-refractivity contribution < 1.29 is 13.3 Å². The Morgan fingerprint density at radius 3 is 2.19 bits per heavy atom. The van der Waals surface area contributed by atoms with Crippen LogP contribution in [0.3, 0.4) is 0 Å². The molecule has 0 spiro atoms. The molecule has 2 N–H and O–H groups in total. The van der Waals surface area contributed by atoms with Crippen LogP contribution in [0.1, 0.15) is 12.0 Å². The second-order valence-electron chi connectivity index (χ2n) is 15.9. The third-order valence-corrected chi connectivity index (χ3v) is 13.8. The second-order valence-corrected chi connectivity index (χ2v) is 18.7. The molecule has 0 aliphatic carbocycles.